The first-order valence-electron chi connectivity index (χ1n) is 2.14. The Bertz CT molecular complexity index is 82.6. The van der Waals surface area contributed by atoms with Gasteiger partial charge in [0, 0.05) is 13.0 Å². The van der Waals surface area contributed by atoms with E-state index < -0.39 is 0 Å². The van der Waals surface area contributed by atoms with Gasteiger partial charge >= 0.3 is 0 Å². The summed E-state index contributed by atoms with van der Waals surface area (Å²) in [5.41, 5.74) is 6.87. The van der Waals surface area contributed by atoms with Gasteiger partial charge in [0.15, 0.2) is 0 Å². The number of rotatable bonds is 3. The van der Waals surface area contributed by atoms with Crippen molar-refractivity contribution in [3.05, 3.63) is 0 Å². The van der Waals surface area contributed by atoms with Crippen LogP contribution in [-0.2, 0) is 0 Å². The third kappa shape index (κ3) is 3.38. The SMILES string of the molecule is NC(CCNO)=NO. The second-order valence-corrected chi connectivity index (χ2v) is 1.25. The average molecular weight is 119 g/mol. The molecule has 0 saturated heterocycles. The minimum absolute atomic E-state index is 0.103. The first-order chi connectivity index (χ1) is 3.81. The molecule has 0 aliphatic carbocycles. The van der Waals surface area contributed by atoms with Gasteiger partial charge in [-0.25, -0.2) is 5.48 Å². The molecule has 0 aromatic carbocycles. The van der Waals surface area contributed by atoms with E-state index in [-0.39, 0.29) is 5.84 Å². The topological polar surface area (TPSA) is 90.9 Å². The molecule has 0 saturated carbocycles. The fraction of sp³-hybridized carbons (Fsp3) is 0.667. The Balaban J connectivity index is 3.12. The standard InChI is InChI=1S/C3H9N3O2/c4-3(6-8)1-2-5-7/h5,7-8H,1-2H2,(H2,4,6). The molecule has 0 aromatic heterocycles. The van der Waals surface area contributed by atoms with Crippen molar-refractivity contribution in [2.24, 2.45) is 10.9 Å². The monoisotopic (exact) mass is 119 g/mol. The van der Waals surface area contributed by atoms with E-state index in [4.69, 9.17) is 16.1 Å². The maximum atomic E-state index is 7.97. The second-order valence-electron chi connectivity index (χ2n) is 1.25. The lowest BCUT2D eigenvalue weighted by atomic mass is 10.4. The molecule has 0 atom stereocenters. The van der Waals surface area contributed by atoms with Gasteiger partial charge in [-0.05, 0) is 0 Å². The van der Waals surface area contributed by atoms with E-state index in [1.165, 1.54) is 0 Å². The average Bonchev–Trinajstić information content (AvgIpc) is 1.83. The number of nitrogens with two attached hydrogens (primary N) is 1. The molecule has 0 bridgehead atoms. The summed E-state index contributed by atoms with van der Waals surface area (Å²) in [7, 11) is 0. The second kappa shape index (κ2) is 4.35. The lowest BCUT2D eigenvalue weighted by Crippen LogP contribution is -2.19. The Labute approximate surface area is 46.8 Å². The molecule has 48 valence electrons. The van der Waals surface area contributed by atoms with Crippen molar-refractivity contribution in [3.63, 3.8) is 0 Å². The molecule has 0 aromatic rings. The van der Waals surface area contributed by atoms with Gasteiger partial charge < -0.3 is 16.1 Å². The van der Waals surface area contributed by atoms with E-state index >= 15 is 0 Å². The fourth-order valence-electron chi connectivity index (χ4n) is 0.234. The normalized spacial score (nSPS) is 11.9. The summed E-state index contributed by atoms with van der Waals surface area (Å²) in [5.74, 6) is 0.103. The Morgan fingerprint density at radius 1 is 1.75 bits per heavy atom. The van der Waals surface area contributed by atoms with Gasteiger partial charge in [-0.15, -0.1) is 0 Å². The number of nitrogens with zero attached hydrogens (tertiary/aromatic N) is 1. The van der Waals surface area contributed by atoms with E-state index in [1.54, 1.807) is 0 Å². The summed E-state index contributed by atoms with van der Waals surface area (Å²) in [5, 5.41) is 18.6. The highest BCUT2D eigenvalue weighted by Crippen LogP contribution is 1.72. The summed E-state index contributed by atoms with van der Waals surface area (Å²) in [4.78, 5) is 0. The molecule has 0 aliphatic heterocycles. The van der Waals surface area contributed by atoms with Crippen LogP contribution in [0, 0.1) is 0 Å². The summed E-state index contributed by atoms with van der Waals surface area (Å²) < 4.78 is 0. The summed E-state index contributed by atoms with van der Waals surface area (Å²) >= 11 is 0. The Kier molecular flexibility index (Phi) is 3.91. The van der Waals surface area contributed by atoms with Gasteiger partial charge in [0.2, 0.25) is 0 Å². The van der Waals surface area contributed by atoms with Crippen molar-refractivity contribution in [1.29, 1.82) is 0 Å². The Morgan fingerprint density at radius 3 is 2.75 bits per heavy atom. The van der Waals surface area contributed by atoms with E-state index in [1.807, 2.05) is 5.48 Å². The van der Waals surface area contributed by atoms with E-state index in [2.05, 4.69) is 5.16 Å². The third-order valence-electron chi connectivity index (χ3n) is 0.621. The molecule has 0 amide bonds. The minimum Gasteiger partial charge on any atom is -0.409 e. The zero-order valence-electron chi connectivity index (χ0n) is 4.33. The summed E-state index contributed by atoms with van der Waals surface area (Å²) in [6.07, 6.45) is 0.340. The number of amidine groups is 1. The lowest BCUT2D eigenvalue weighted by Gasteiger charge is -1.93. The van der Waals surface area contributed by atoms with Crippen LogP contribution in [0.4, 0.5) is 0 Å². The van der Waals surface area contributed by atoms with Crippen LogP contribution >= 0.6 is 0 Å². The molecule has 5 nitrogen and oxygen atoms in total. The maximum absolute atomic E-state index is 7.97. The van der Waals surface area contributed by atoms with Crippen molar-refractivity contribution in [2.75, 3.05) is 6.54 Å². The van der Waals surface area contributed by atoms with E-state index in [0.29, 0.717) is 13.0 Å². The number of hydrogen-bond acceptors (Lipinski definition) is 4. The molecule has 5 N–H and O–H groups in total. The van der Waals surface area contributed by atoms with Crippen LogP contribution in [0.1, 0.15) is 6.42 Å². The van der Waals surface area contributed by atoms with E-state index in [0.717, 1.165) is 0 Å². The van der Waals surface area contributed by atoms with Gasteiger partial charge in [-0.2, -0.15) is 0 Å². The highest BCUT2D eigenvalue weighted by molar-refractivity contribution is 5.79. The highest BCUT2D eigenvalue weighted by atomic mass is 16.5. The van der Waals surface area contributed by atoms with E-state index in [9.17, 15) is 0 Å². The first-order valence-corrected chi connectivity index (χ1v) is 2.14. The quantitative estimate of drug-likeness (QED) is 0.168. The molecule has 0 fully saturated rings. The van der Waals surface area contributed by atoms with Crippen molar-refractivity contribution in [3.8, 4) is 0 Å². The van der Waals surface area contributed by atoms with Crippen molar-refractivity contribution in [2.45, 2.75) is 6.42 Å². The maximum Gasteiger partial charge on any atom is 0.140 e. The summed E-state index contributed by atoms with van der Waals surface area (Å²) in [6.45, 7) is 0.301. The first kappa shape index (κ1) is 7.19. The zero-order chi connectivity index (χ0) is 6.41. The van der Waals surface area contributed by atoms with Crippen LogP contribution in [0.15, 0.2) is 5.16 Å². The van der Waals surface area contributed by atoms with Gasteiger partial charge in [0.25, 0.3) is 0 Å². The molecule has 0 aliphatic rings. The van der Waals surface area contributed by atoms with Gasteiger partial charge in [0.1, 0.15) is 5.84 Å². The Morgan fingerprint density at radius 2 is 2.38 bits per heavy atom. The Hall–Kier alpha value is -0.810. The number of hydrogen-bond donors (Lipinski definition) is 4. The van der Waals surface area contributed by atoms with Gasteiger partial charge in [-0.3, -0.25) is 0 Å². The predicted molar refractivity (Wildman–Crippen MR) is 27.8 cm³/mol. The van der Waals surface area contributed by atoms with Crippen LogP contribution in [0.3, 0.4) is 0 Å². The van der Waals surface area contributed by atoms with Gasteiger partial charge in [-0.1, -0.05) is 5.16 Å². The van der Waals surface area contributed by atoms with Crippen LogP contribution in [-0.4, -0.2) is 22.8 Å². The summed E-state index contributed by atoms with van der Waals surface area (Å²) in [6, 6.07) is 0. The molecule has 0 spiro atoms. The van der Waals surface area contributed by atoms with Crippen LogP contribution < -0.4 is 11.2 Å². The van der Waals surface area contributed by atoms with Crippen LogP contribution in [0.5, 0.6) is 0 Å². The molecule has 5 heteroatoms. The van der Waals surface area contributed by atoms with Crippen molar-refractivity contribution in [1.82, 2.24) is 5.48 Å². The molecule has 0 rings (SSSR count). The van der Waals surface area contributed by atoms with Crippen LogP contribution in [0.25, 0.3) is 0 Å². The zero-order valence-corrected chi connectivity index (χ0v) is 4.33. The molecule has 8 heavy (non-hydrogen) atoms. The molecule has 0 radical (unpaired) electrons. The van der Waals surface area contributed by atoms with Gasteiger partial charge in [0.05, 0.1) is 0 Å². The predicted octanol–water partition coefficient (Wildman–Crippen LogP) is -0.898. The fourth-order valence-corrected chi connectivity index (χ4v) is 0.234. The molecule has 0 heterocycles. The highest BCUT2D eigenvalue weighted by Gasteiger charge is 1.88. The molecular weight excluding hydrogens is 110 g/mol. The largest absolute Gasteiger partial charge is 0.409 e. The number of oxime groups is 1. The molecular formula is C3H9N3O2. The van der Waals surface area contributed by atoms with Crippen LogP contribution in [0.2, 0.25) is 0 Å². The third-order valence-corrected chi connectivity index (χ3v) is 0.621. The lowest BCUT2D eigenvalue weighted by molar-refractivity contribution is 0.169. The van der Waals surface area contributed by atoms with Crippen molar-refractivity contribution >= 4 is 5.84 Å². The minimum atomic E-state index is 0.103. The number of hydroxylamine groups is 1. The smallest absolute Gasteiger partial charge is 0.140 e. The number of nitrogens with one attached hydrogen (secondary N) is 1. The molecule has 0 unspecified atom stereocenters. The van der Waals surface area contributed by atoms with Crippen molar-refractivity contribution < 1.29 is 10.4 Å².